The normalized spacial score (nSPS) is 16.8. The lowest BCUT2D eigenvalue weighted by Gasteiger charge is -2.29. The van der Waals surface area contributed by atoms with E-state index in [2.05, 4.69) is 53.6 Å². The van der Waals surface area contributed by atoms with Gasteiger partial charge in [0.25, 0.3) is 0 Å². The van der Waals surface area contributed by atoms with Crippen LogP contribution >= 0.6 is 11.3 Å². The second-order valence-corrected chi connectivity index (χ2v) is 7.30. The highest BCUT2D eigenvalue weighted by molar-refractivity contribution is 7.09. The average molecular weight is 315 g/mol. The van der Waals surface area contributed by atoms with E-state index in [9.17, 15) is 0 Å². The highest BCUT2D eigenvalue weighted by Gasteiger charge is 2.14. The third kappa shape index (κ3) is 4.59. The van der Waals surface area contributed by atoms with Crippen LogP contribution in [0.5, 0.6) is 5.75 Å². The number of benzene rings is 1. The predicted molar refractivity (Wildman–Crippen MR) is 93.9 cm³/mol. The Morgan fingerprint density at radius 2 is 1.91 bits per heavy atom. The summed E-state index contributed by atoms with van der Waals surface area (Å²) in [7, 11) is 0. The summed E-state index contributed by atoms with van der Waals surface area (Å²) in [6, 6.07) is 12.9. The van der Waals surface area contributed by atoms with E-state index in [0.29, 0.717) is 0 Å². The van der Waals surface area contributed by atoms with E-state index in [1.807, 2.05) is 11.3 Å². The monoisotopic (exact) mass is 315 g/mol. The molecular weight excluding hydrogens is 290 g/mol. The summed E-state index contributed by atoms with van der Waals surface area (Å²) in [5.74, 6) is 1.88. The molecule has 118 valence electrons. The zero-order valence-electron chi connectivity index (χ0n) is 13.3. The van der Waals surface area contributed by atoms with Crippen LogP contribution < -0.4 is 4.74 Å². The van der Waals surface area contributed by atoms with Gasteiger partial charge in [-0.1, -0.05) is 25.1 Å². The zero-order chi connectivity index (χ0) is 15.2. The molecule has 0 N–H and O–H groups in total. The summed E-state index contributed by atoms with van der Waals surface area (Å²) >= 11 is 1.81. The maximum Gasteiger partial charge on any atom is 0.119 e. The number of hydrogen-bond acceptors (Lipinski definition) is 3. The number of piperidine rings is 1. The largest absolute Gasteiger partial charge is 0.492 e. The second kappa shape index (κ2) is 7.80. The number of thiophene rings is 1. The number of ether oxygens (including phenoxy) is 1. The van der Waals surface area contributed by atoms with Gasteiger partial charge in [-0.3, -0.25) is 4.90 Å². The first kappa shape index (κ1) is 15.6. The third-order valence-electron chi connectivity index (χ3n) is 4.43. The van der Waals surface area contributed by atoms with Crippen LogP contribution in [0.15, 0.2) is 41.8 Å². The molecule has 2 aromatic rings. The van der Waals surface area contributed by atoms with Gasteiger partial charge >= 0.3 is 0 Å². The molecule has 0 saturated carbocycles. The summed E-state index contributed by atoms with van der Waals surface area (Å²) in [5, 5.41) is 2.13. The molecule has 0 amide bonds. The first-order valence-corrected chi connectivity index (χ1v) is 9.14. The van der Waals surface area contributed by atoms with Crippen LogP contribution in [-0.2, 0) is 6.42 Å². The summed E-state index contributed by atoms with van der Waals surface area (Å²) in [6.45, 7) is 6.64. The van der Waals surface area contributed by atoms with Crippen LogP contribution in [0, 0.1) is 5.92 Å². The fourth-order valence-electron chi connectivity index (χ4n) is 2.90. The smallest absolute Gasteiger partial charge is 0.119 e. The van der Waals surface area contributed by atoms with E-state index in [-0.39, 0.29) is 0 Å². The Labute approximate surface area is 137 Å². The lowest BCUT2D eigenvalue weighted by atomic mass is 9.99. The Balaban J connectivity index is 1.41. The number of likely N-dealkylation sites (tertiary alicyclic amines) is 1. The van der Waals surface area contributed by atoms with Gasteiger partial charge in [-0.05, 0) is 61.0 Å². The maximum absolute atomic E-state index is 5.89. The van der Waals surface area contributed by atoms with E-state index >= 15 is 0 Å². The molecule has 1 fully saturated rings. The first-order chi connectivity index (χ1) is 10.8. The lowest BCUT2D eigenvalue weighted by Crippen LogP contribution is -2.35. The van der Waals surface area contributed by atoms with Gasteiger partial charge in [0, 0.05) is 17.8 Å². The van der Waals surface area contributed by atoms with E-state index in [1.54, 1.807) is 0 Å². The molecule has 2 nitrogen and oxygen atoms in total. The van der Waals surface area contributed by atoms with Crippen LogP contribution in [0.2, 0.25) is 0 Å². The summed E-state index contributed by atoms with van der Waals surface area (Å²) in [6.07, 6.45) is 3.68. The van der Waals surface area contributed by atoms with Gasteiger partial charge in [-0.2, -0.15) is 0 Å². The van der Waals surface area contributed by atoms with E-state index in [4.69, 9.17) is 4.74 Å². The lowest BCUT2D eigenvalue weighted by molar-refractivity contribution is 0.160. The van der Waals surface area contributed by atoms with Crippen LogP contribution in [0.25, 0.3) is 0 Å². The molecule has 1 aliphatic rings. The van der Waals surface area contributed by atoms with Crippen LogP contribution in [-0.4, -0.2) is 31.1 Å². The van der Waals surface area contributed by atoms with Crippen molar-refractivity contribution >= 4 is 11.3 Å². The van der Waals surface area contributed by atoms with Crippen molar-refractivity contribution in [3.8, 4) is 5.75 Å². The zero-order valence-corrected chi connectivity index (χ0v) is 14.1. The minimum atomic E-state index is 0.790. The van der Waals surface area contributed by atoms with E-state index in [0.717, 1.165) is 31.2 Å². The van der Waals surface area contributed by atoms with Gasteiger partial charge in [-0.25, -0.2) is 0 Å². The highest BCUT2D eigenvalue weighted by Crippen LogP contribution is 2.19. The Morgan fingerprint density at radius 1 is 1.14 bits per heavy atom. The van der Waals surface area contributed by atoms with Gasteiger partial charge in [-0.15, -0.1) is 11.3 Å². The molecule has 1 saturated heterocycles. The minimum absolute atomic E-state index is 0.790. The number of nitrogens with zero attached hydrogens (tertiary/aromatic N) is 1. The fraction of sp³-hybridized carbons (Fsp3) is 0.474. The Kier molecular flexibility index (Phi) is 5.52. The molecule has 2 heterocycles. The van der Waals surface area contributed by atoms with Crippen molar-refractivity contribution in [2.45, 2.75) is 26.2 Å². The number of rotatable bonds is 6. The minimum Gasteiger partial charge on any atom is -0.492 e. The highest BCUT2D eigenvalue weighted by atomic mass is 32.1. The van der Waals surface area contributed by atoms with Crippen LogP contribution in [0.3, 0.4) is 0 Å². The summed E-state index contributed by atoms with van der Waals surface area (Å²) < 4.78 is 5.89. The molecule has 1 aromatic heterocycles. The predicted octanol–water partition coefficient (Wildman–Crippen LogP) is 4.45. The van der Waals surface area contributed by atoms with Gasteiger partial charge in [0.05, 0.1) is 0 Å². The molecule has 1 aliphatic heterocycles. The third-order valence-corrected chi connectivity index (χ3v) is 5.31. The van der Waals surface area contributed by atoms with E-state index in [1.165, 1.54) is 36.4 Å². The Bertz CT molecular complexity index is 541. The molecule has 0 spiro atoms. The molecule has 1 aromatic carbocycles. The van der Waals surface area contributed by atoms with Crippen molar-refractivity contribution < 1.29 is 4.74 Å². The molecule has 0 unspecified atom stereocenters. The fourth-order valence-corrected chi connectivity index (χ4v) is 3.64. The topological polar surface area (TPSA) is 12.5 Å². The Hall–Kier alpha value is -1.32. The maximum atomic E-state index is 5.89. The van der Waals surface area contributed by atoms with E-state index < -0.39 is 0 Å². The summed E-state index contributed by atoms with van der Waals surface area (Å²) in [4.78, 5) is 3.93. The molecule has 0 atom stereocenters. The van der Waals surface area contributed by atoms with Crippen molar-refractivity contribution in [3.63, 3.8) is 0 Å². The quantitative estimate of drug-likeness (QED) is 0.781. The van der Waals surface area contributed by atoms with Crippen molar-refractivity contribution in [2.24, 2.45) is 5.92 Å². The Morgan fingerprint density at radius 3 is 2.59 bits per heavy atom. The average Bonchev–Trinajstić information content (AvgIpc) is 3.04. The number of hydrogen-bond donors (Lipinski definition) is 0. The van der Waals surface area contributed by atoms with Crippen molar-refractivity contribution in [2.75, 3.05) is 26.2 Å². The van der Waals surface area contributed by atoms with Crippen molar-refractivity contribution in [1.29, 1.82) is 0 Å². The summed E-state index contributed by atoms with van der Waals surface area (Å²) in [5.41, 5.74) is 1.35. The SMILES string of the molecule is CC1CCN(CCOc2ccc(Cc3cccs3)cc2)CC1. The van der Waals surface area contributed by atoms with Crippen LogP contribution in [0.1, 0.15) is 30.2 Å². The molecular formula is C19H25NOS. The molecule has 3 heteroatoms. The van der Waals surface area contributed by atoms with Gasteiger partial charge in [0.15, 0.2) is 0 Å². The van der Waals surface area contributed by atoms with Gasteiger partial charge in [0.1, 0.15) is 12.4 Å². The first-order valence-electron chi connectivity index (χ1n) is 8.26. The molecule has 0 bridgehead atoms. The molecule has 3 rings (SSSR count). The van der Waals surface area contributed by atoms with Crippen molar-refractivity contribution in [1.82, 2.24) is 4.90 Å². The van der Waals surface area contributed by atoms with Crippen LogP contribution in [0.4, 0.5) is 0 Å². The standard InChI is InChI=1S/C19H25NOS/c1-16-8-10-20(11-9-16)12-13-21-18-6-4-17(5-7-18)15-19-3-2-14-22-19/h2-7,14,16H,8-13,15H2,1H3. The van der Waals surface area contributed by atoms with Gasteiger partial charge in [0.2, 0.25) is 0 Å². The second-order valence-electron chi connectivity index (χ2n) is 6.27. The molecule has 0 aliphatic carbocycles. The molecule has 22 heavy (non-hydrogen) atoms. The van der Waals surface area contributed by atoms with Crippen molar-refractivity contribution in [3.05, 3.63) is 52.2 Å². The van der Waals surface area contributed by atoms with Gasteiger partial charge < -0.3 is 4.74 Å². The molecule has 0 radical (unpaired) electrons.